The molecule has 0 saturated carbocycles. The first-order valence-corrected chi connectivity index (χ1v) is 11.1. The van der Waals surface area contributed by atoms with Gasteiger partial charge in [0.15, 0.2) is 0 Å². The van der Waals surface area contributed by atoms with E-state index in [0.717, 1.165) is 0 Å². The van der Waals surface area contributed by atoms with Crippen LogP contribution >= 0.6 is 51.1 Å². The molecule has 0 amide bonds. The molecule has 1 heterocycles. The third-order valence-corrected chi connectivity index (χ3v) is 9.87. The van der Waals surface area contributed by atoms with E-state index < -0.39 is 0 Å². The molecule has 0 aliphatic carbocycles. The molecule has 0 aromatic carbocycles. The lowest BCUT2D eigenvalue weighted by Gasteiger charge is -1.97. The summed E-state index contributed by atoms with van der Waals surface area (Å²) < 4.78 is 0. The Bertz CT molecular complexity index is 200. The number of hydrogen-bond donors (Lipinski definition) is 0. The third-order valence-electron chi connectivity index (χ3n) is 1.59. The van der Waals surface area contributed by atoms with Crippen molar-refractivity contribution in [1.29, 1.82) is 0 Å². The highest BCUT2D eigenvalue weighted by Crippen LogP contribution is 2.48. The van der Waals surface area contributed by atoms with Gasteiger partial charge in [-0.25, -0.2) is 0 Å². The Balaban J connectivity index is 2.25. The first kappa shape index (κ1) is 14.0. The van der Waals surface area contributed by atoms with Crippen molar-refractivity contribution in [2.75, 3.05) is 5.75 Å². The summed E-state index contributed by atoms with van der Waals surface area (Å²) >= 11 is 0. The molecule has 0 N–H and O–H groups in total. The normalized spacial score (nSPS) is 27.2. The van der Waals surface area contributed by atoms with Crippen molar-refractivity contribution in [2.24, 2.45) is 0 Å². The molecule has 0 aromatic heterocycles. The van der Waals surface area contributed by atoms with Gasteiger partial charge in [0.25, 0.3) is 0 Å². The number of hydrogen-bond acceptors (Lipinski definition) is 5. The summed E-state index contributed by atoms with van der Waals surface area (Å²) in [5.74, 6) is 1.27. The Kier molecular flexibility index (Phi) is 10.7. The topological polar surface area (TPSA) is 0 Å². The first-order chi connectivity index (χ1) is 7.50. The van der Waals surface area contributed by atoms with Crippen molar-refractivity contribution >= 4 is 51.1 Å². The number of allylic oxidation sites excluding steroid dienone is 5. The second kappa shape index (κ2) is 11.5. The Hall–Kier alpha value is 0.970. The van der Waals surface area contributed by atoms with E-state index in [0.29, 0.717) is 0 Å². The largest absolute Gasteiger partial charge is 0.0845 e. The highest BCUT2D eigenvalue weighted by Gasteiger charge is 1.92. The highest BCUT2D eigenvalue weighted by atomic mass is 33.8. The molecule has 0 nitrogen and oxygen atoms in total. The van der Waals surface area contributed by atoms with E-state index in [1.165, 1.54) is 25.0 Å². The zero-order chi connectivity index (χ0) is 10.6. The summed E-state index contributed by atoms with van der Waals surface area (Å²) in [7, 11) is 9.31. The Morgan fingerprint density at radius 3 is 2.73 bits per heavy atom. The van der Waals surface area contributed by atoms with Gasteiger partial charge in [0.05, 0.1) is 0 Å². The maximum atomic E-state index is 2.25. The summed E-state index contributed by atoms with van der Waals surface area (Å²) in [5, 5.41) is 2.12. The van der Waals surface area contributed by atoms with Crippen LogP contribution < -0.4 is 0 Å². The van der Waals surface area contributed by atoms with Crippen LogP contribution in [0, 0.1) is 0 Å². The molecule has 0 radical (unpaired) electrons. The van der Waals surface area contributed by atoms with Crippen LogP contribution in [-0.4, -0.2) is 5.75 Å². The fourth-order valence-corrected chi connectivity index (χ4v) is 9.00. The lowest BCUT2D eigenvalue weighted by molar-refractivity contribution is 0.824. The third kappa shape index (κ3) is 9.87. The van der Waals surface area contributed by atoms with E-state index in [2.05, 4.69) is 35.8 Å². The Morgan fingerprint density at radius 1 is 0.800 bits per heavy atom. The first-order valence-electron chi connectivity index (χ1n) is 4.77. The Labute approximate surface area is 111 Å². The van der Waals surface area contributed by atoms with Crippen LogP contribution in [0.1, 0.15) is 19.3 Å². The van der Waals surface area contributed by atoms with Crippen molar-refractivity contribution in [3.05, 3.63) is 35.8 Å². The van der Waals surface area contributed by atoms with Crippen LogP contribution in [-0.2, 0) is 0 Å². The minimum atomic E-state index is 1.20. The van der Waals surface area contributed by atoms with Crippen LogP contribution in [0.25, 0.3) is 0 Å². The second-order valence-electron chi connectivity index (χ2n) is 2.76. The standard InChI is InChI=1S/C10H14S5/c1-2-4-6-8-10-12-14-15-13-11-9-7-5-3-1/h1-3,5,7,9H,4,6,8,10H2/b2-1+,5-3+,9-7-. The Morgan fingerprint density at radius 2 is 1.73 bits per heavy atom. The minimum absolute atomic E-state index is 1.20. The van der Waals surface area contributed by atoms with Gasteiger partial charge in [-0.1, -0.05) is 52.0 Å². The maximum Gasteiger partial charge on any atom is 0.00455 e. The van der Waals surface area contributed by atoms with E-state index in [9.17, 15) is 0 Å². The van der Waals surface area contributed by atoms with Gasteiger partial charge >= 0.3 is 0 Å². The fraction of sp³-hybridized carbons (Fsp3) is 0.400. The van der Waals surface area contributed by atoms with Crippen LogP contribution in [0.3, 0.4) is 0 Å². The molecular weight excluding hydrogens is 280 g/mol. The van der Waals surface area contributed by atoms with Gasteiger partial charge in [0, 0.05) is 5.75 Å². The van der Waals surface area contributed by atoms with Crippen LogP contribution in [0.5, 0.6) is 0 Å². The molecule has 0 unspecified atom stereocenters. The van der Waals surface area contributed by atoms with Gasteiger partial charge in [0.1, 0.15) is 0 Å². The van der Waals surface area contributed by atoms with Gasteiger partial charge in [-0.2, -0.15) is 0 Å². The van der Waals surface area contributed by atoms with E-state index in [4.69, 9.17) is 0 Å². The van der Waals surface area contributed by atoms with Gasteiger partial charge in [-0.05, 0) is 54.1 Å². The number of rotatable bonds is 0. The molecule has 0 spiro atoms. The maximum absolute atomic E-state index is 2.25. The summed E-state index contributed by atoms with van der Waals surface area (Å²) in [6.45, 7) is 0. The summed E-state index contributed by atoms with van der Waals surface area (Å²) in [6.07, 6.45) is 14.5. The van der Waals surface area contributed by atoms with Crippen molar-refractivity contribution in [3.8, 4) is 0 Å². The van der Waals surface area contributed by atoms with Crippen LogP contribution in [0.4, 0.5) is 0 Å². The van der Waals surface area contributed by atoms with Crippen molar-refractivity contribution < 1.29 is 0 Å². The molecule has 1 aliphatic heterocycles. The van der Waals surface area contributed by atoms with E-state index in [1.54, 1.807) is 10.8 Å². The average Bonchev–Trinajstić information content (AvgIpc) is 2.27. The van der Waals surface area contributed by atoms with Crippen molar-refractivity contribution in [1.82, 2.24) is 0 Å². The zero-order valence-corrected chi connectivity index (χ0v) is 12.4. The van der Waals surface area contributed by atoms with Crippen LogP contribution in [0.2, 0.25) is 0 Å². The summed E-state index contributed by atoms with van der Waals surface area (Å²) in [6, 6.07) is 0. The summed E-state index contributed by atoms with van der Waals surface area (Å²) in [5.41, 5.74) is 0. The SMILES string of the molecule is C1=C\SSSSSCCCC/C=C/C=C/1. The molecule has 0 fully saturated rings. The minimum Gasteiger partial charge on any atom is -0.0845 e. The molecule has 0 atom stereocenters. The van der Waals surface area contributed by atoms with Gasteiger partial charge in [0.2, 0.25) is 0 Å². The quantitative estimate of drug-likeness (QED) is 0.492. The molecule has 1 aliphatic rings. The van der Waals surface area contributed by atoms with Crippen molar-refractivity contribution in [2.45, 2.75) is 19.3 Å². The molecule has 0 bridgehead atoms. The molecule has 1 rings (SSSR count). The molecule has 0 saturated heterocycles. The van der Waals surface area contributed by atoms with E-state index >= 15 is 0 Å². The molecule has 0 aromatic rings. The fourth-order valence-electron chi connectivity index (χ4n) is 0.907. The van der Waals surface area contributed by atoms with Crippen molar-refractivity contribution in [3.63, 3.8) is 0 Å². The predicted octanol–water partition coefficient (Wildman–Crippen LogP) is 6.12. The van der Waals surface area contributed by atoms with Crippen LogP contribution in [0.15, 0.2) is 35.8 Å². The monoisotopic (exact) mass is 294 g/mol. The summed E-state index contributed by atoms with van der Waals surface area (Å²) in [4.78, 5) is 0. The van der Waals surface area contributed by atoms with Gasteiger partial charge in [-0.3, -0.25) is 0 Å². The molecule has 5 heteroatoms. The van der Waals surface area contributed by atoms with E-state index in [-0.39, 0.29) is 0 Å². The highest BCUT2D eigenvalue weighted by molar-refractivity contribution is 9.35. The van der Waals surface area contributed by atoms with E-state index in [1.807, 2.05) is 40.3 Å². The van der Waals surface area contributed by atoms with Gasteiger partial charge < -0.3 is 0 Å². The molecule has 84 valence electrons. The molecule has 15 heavy (non-hydrogen) atoms. The predicted molar refractivity (Wildman–Crippen MR) is 84.1 cm³/mol. The molecular formula is C10H14S5. The lowest BCUT2D eigenvalue weighted by Crippen LogP contribution is -1.75. The average molecular weight is 295 g/mol. The smallest absolute Gasteiger partial charge is 0.00455 e. The zero-order valence-electron chi connectivity index (χ0n) is 8.33. The lowest BCUT2D eigenvalue weighted by atomic mass is 10.2. The second-order valence-corrected chi connectivity index (χ2v) is 10.5. The van der Waals surface area contributed by atoms with Gasteiger partial charge in [-0.15, -0.1) is 0 Å².